The third-order valence-electron chi connectivity index (χ3n) is 5.02. The minimum atomic E-state index is 0.482. The molecule has 0 saturated carbocycles. The van der Waals surface area contributed by atoms with Crippen molar-refractivity contribution in [2.24, 2.45) is 10.9 Å². The quantitative estimate of drug-likeness (QED) is 0.396. The van der Waals surface area contributed by atoms with Crippen LogP contribution in [0.4, 0.5) is 0 Å². The van der Waals surface area contributed by atoms with Crippen LogP contribution < -0.4 is 10.6 Å². The van der Waals surface area contributed by atoms with E-state index in [4.69, 9.17) is 4.74 Å². The first-order valence-corrected chi connectivity index (χ1v) is 10.4. The molecule has 0 aliphatic carbocycles. The fourth-order valence-electron chi connectivity index (χ4n) is 3.49. The van der Waals surface area contributed by atoms with E-state index in [1.165, 1.54) is 5.56 Å². The van der Waals surface area contributed by atoms with Gasteiger partial charge in [-0.3, -0.25) is 9.89 Å². The van der Waals surface area contributed by atoms with Crippen LogP contribution in [-0.4, -0.2) is 56.3 Å². The number of rotatable bonds is 9. The molecule has 1 aliphatic rings. The van der Waals surface area contributed by atoms with Gasteiger partial charge in [-0.2, -0.15) is 0 Å². The van der Waals surface area contributed by atoms with Crippen LogP contribution in [0.25, 0.3) is 0 Å². The fraction of sp³-hybridized carbons (Fsp3) is 0.682. The summed E-state index contributed by atoms with van der Waals surface area (Å²) >= 11 is 0. The summed E-state index contributed by atoms with van der Waals surface area (Å²) < 4.78 is 5.63. The van der Waals surface area contributed by atoms with Crippen LogP contribution in [-0.2, 0) is 11.3 Å². The Bertz CT molecular complexity index is 547. The lowest BCUT2D eigenvalue weighted by atomic mass is 9.97. The van der Waals surface area contributed by atoms with Crippen molar-refractivity contribution < 1.29 is 4.74 Å². The maximum absolute atomic E-state index is 5.63. The van der Waals surface area contributed by atoms with Crippen molar-refractivity contribution in [3.63, 3.8) is 0 Å². The summed E-state index contributed by atoms with van der Waals surface area (Å²) in [5, 5.41) is 7.02. The van der Waals surface area contributed by atoms with E-state index < -0.39 is 0 Å². The molecule has 2 rings (SSSR count). The normalized spacial score (nSPS) is 21.4. The van der Waals surface area contributed by atoms with Crippen LogP contribution in [0.3, 0.4) is 0 Å². The van der Waals surface area contributed by atoms with E-state index in [-0.39, 0.29) is 0 Å². The first-order chi connectivity index (χ1) is 13.1. The van der Waals surface area contributed by atoms with Gasteiger partial charge in [0, 0.05) is 52.0 Å². The lowest BCUT2D eigenvalue weighted by Gasteiger charge is -2.38. The van der Waals surface area contributed by atoms with Gasteiger partial charge in [-0.25, -0.2) is 0 Å². The SMILES string of the molecule is CN=C(NCCCOCC(C)C)NC1CCN(Cc2ccccc2)C(C)C1. The maximum Gasteiger partial charge on any atom is 0.191 e. The number of aliphatic imine (C=N–C) groups is 1. The Hall–Kier alpha value is -1.59. The van der Waals surface area contributed by atoms with Crippen molar-refractivity contribution in [3.05, 3.63) is 35.9 Å². The molecule has 5 heteroatoms. The molecule has 1 heterocycles. The van der Waals surface area contributed by atoms with E-state index >= 15 is 0 Å². The average molecular weight is 375 g/mol. The summed E-state index contributed by atoms with van der Waals surface area (Å²) in [5.74, 6) is 1.51. The van der Waals surface area contributed by atoms with Gasteiger partial charge in [0.2, 0.25) is 0 Å². The molecule has 1 aromatic carbocycles. The van der Waals surface area contributed by atoms with Crippen LogP contribution >= 0.6 is 0 Å². The van der Waals surface area contributed by atoms with E-state index in [0.717, 1.165) is 58.1 Å². The minimum absolute atomic E-state index is 0.482. The molecule has 0 amide bonds. The van der Waals surface area contributed by atoms with E-state index in [0.29, 0.717) is 18.0 Å². The fourth-order valence-corrected chi connectivity index (χ4v) is 3.49. The van der Waals surface area contributed by atoms with E-state index in [9.17, 15) is 0 Å². The number of benzene rings is 1. The molecule has 1 aliphatic heterocycles. The molecule has 1 fully saturated rings. The summed E-state index contributed by atoms with van der Waals surface area (Å²) in [7, 11) is 1.85. The molecule has 0 aromatic heterocycles. The Morgan fingerprint density at radius 2 is 2.07 bits per heavy atom. The zero-order valence-corrected chi connectivity index (χ0v) is 17.6. The molecule has 1 aromatic rings. The van der Waals surface area contributed by atoms with Crippen LogP contribution in [0, 0.1) is 5.92 Å². The highest BCUT2D eigenvalue weighted by molar-refractivity contribution is 5.79. The zero-order chi connectivity index (χ0) is 19.5. The topological polar surface area (TPSA) is 48.9 Å². The second-order valence-electron chi connectivity index (χ2n) is 7.99. The van der Waals surface area contributed by atoms with Crippen molar-refractivity contribution in [2.45, 2.75) is 58.7 Å². The van der Waals surface area contributed by atoms with E-state index in [2.05, 4.69) is 71.6 Å². The van der Waals surface area contributed by atoms with Gasteiger partial charge >= 0.3 is 0 Å². The second-order valence-corrected chi connectivity index (χ2v) is 7.99. The van der Waals surface area contributed by atoms with Crippen LogP contribution in [0.15, 0.2) is 35.3 Å². The predicted molar refractivity (Wildman–Crippen MR) is 114 cm³/mol. The van der Waals surface area contributed by atoms with Gasteiger partial charge in [0.25, 0.3) is 0 Å². The van der Waals surface area contributed by atoms with Gasteiger partial charge < -0.3 is 15.4 Å². The molecule has 0 radical (unpaired) electrons. The largest absolute Gasteiger partial charge is 0.381 e. The number of hydrogen-bond acceptors (Lipinski definition) is 3. The summed E-state index contributed by atoms with van der Waals surface area (Å²) in [5.41, 5.74) is 1.40. The lowest BCUT2D eigenvalue weighted by Crippen LogP contribution is -2.51. The first kappa shape index (κ1) is 21.7. The number of hydrogen-bond donors (Lipinski definition) is 2. The van der Waals surface area contributed by atoms with E-state index in [1.807, 2.05) is 7.05 Å². The van der Waals surface area contributed by atoms with E-state index in [1.54, 1.807) is 0 Å². The highest BCUT2D eigenvalue weighted by atomic mass is 16.5. The minimum Gasteiger partial charge on any atom is -0.381 e. The molecule has 152 valence electrons. The van der Waals surface area contributed by atoms with Crippen LogP contribution in [0.1, 0.15) is 45.6 Å². The number of ether oxygens (including phenoxy) is 1. The molecular formula is C22H38N4O. The van der Waals surface area contributed by atoms with Gasteiger partial charge in [-0.15, -0.1) is 0 Å². The van der Waals surface area contributed by atoms with Gasteiger partial charge in [0.1, 0.15) is 0 Å². The second kappa shape index (κ2) is 12.0. The summed E-state index contributed by atoms with van der Waals surface area (Å²) in [6.45, 7) is 11.4. The molecule has 2 unspecified atom stereocenters. The highest BCUT2D eigenvalue weighted by Crippen LogP contribution is 2.19. The lowest BCUT2D eigenvalue weighted by molar-refractivity contribution is 0.108. The highest BCUT2D eigenvalue weighted by Gasteiger charge is 2.25. The Morgan fingerprint density at radius 1 is 1.30 bits per heavy atom. The number of piperidine rings is 1. The standard InChI is InChI=1S/C22H38N4O/c1-18(2)17-27-14-8-12-24-22(23-4)25-21-11-13-26(19(3)15-21)16-20-9-6-5-7-10-20/h5-7,9-10,18-19,21H,8,11-17H2,1-4H3,(H2,23,24,25). The Morgan fingerprint density at radius 3 is 2.74 bits per heavy atom. The molecule has 5 nitrogen and oxygen atoms in total. The molecule has 0 bridgehead atoms. The maximum atomic E-state index is 5.63. The average Bonchev–Trinajstić information content (AvgIpc) is 2.66. The molecule has 0 spiro atoms. The Labute approximate surface area is 165 Å². The third-order valence-corrected chi connectivity index (χ3v) is 5.02. The first-order valence-electron chi connectivity index (χ1n) is 10.4. The summed E-state index contributed by atoms with van der Waals surface area (Å²) in [6.07, 6.45) is 3.29. The number of nitrogens with one attached hydrogen (secondary N) is 2. The van der Waals surface area contributed by atoms with Gasteiger partial charge in [0.15, 0.2) is 5.96 Å². The Kier molecular flexibility index (Phi) is 9.64. The van der Waals surface area contributed by atoms with Crippen molar-refractivity contribution in [1.29, 1.82) is 0 Å². The summed E-state index contributed by atoms with van der Waals surface area (Å²) in [4.78, 5) is 6.96. The molecular weight excluding hydrogens is 336 g/mol. The van der Waals surface area contributed by atoms with Crippen LogP contribution in [0.2, 0.25) is 0 Å². The number of likely N-dealkylation sites (tertiary alicyclic amines) is 1. The number of nitrogens with zero attached hydrogens (tertiary/aromatic N) is 2. The van der Waals surface area contributed by atoms with Crippen LogP contribution in [0.5, 0.6) is 0 Å². The molecule has 2 atom stereocenters. The molecule has 1 saturated heterocycles. The smallest absolute Gasteiger partial charge is 0.191 e. The third kappa shape index (κ3) is 8.31. The molecule has 27 heavy (non-hydrogen) atoms. The van der Waals surface area contributed by atoms with Crippen molar-refractivity contribution in [3.8, 4) is 0 Å². The Balaban J connectivity index is 1.66. The van der Waals surface area contributed by atoms with Crippen molar-refractivity contribution in [2.75, 3.05) is 33.4 Å². The number of guanidine groups is 1. The zero-order valence-electron chi connectivity index (χ0n) is 17.6. The monoisotopic (exact) mass is 374 g/mol. The van der Waals surface area contributed by atoms with Gasteiger partial charge in [-0.05, 0) is 37.7 Å². The molecule has 2 N–H and O–H groups in total. The summed E-state index contributed by atoms with van der Waals surface area (Å²) in [6, 6.07) is 11.8. The van der Waals surface area contributed by atoms with Crippen molar-refractivity contribution in [1.82, 2.24) is 15.5 Å². The van der Waals surface area contributed by atoms with Gasteiger partial charge in [0.05, 0.1) is 0 Å². The predicted octanol–water partition coefficient (Wildman–Crippen LogP) is 3.27. The van der Waals surface area contributed by atoms with Crippen molar-refractivity contribution >= 4 is 5.96 Å². The van der Waals surface area contributed by atoms with Gasteiger partial charge in [-0.1, -0.05) is 44.2 Å².